The van der Waals surface area contributed by atoms with Crippen LogP contribution in [0.2, 0.25) is 0 Å². The molecule has 0 spiro atoms. The summed E-state index contributed by atoms with van der Waals surface area (Å²) in [5, 5.41) is 0. The number of alkyl halides is 3. The molecule has 0 aromatic heterocycles. The third-order valence-electron chi connectivity index (χ3n) is 3.30. The molecule has 3 nitrogen and oxygen atoms in total. The summed E-state index contributed by atoms with van der Waals surface area (Å²) in [6.07, 6.45) is -4.75. The Hall–Kier alpha value is -1.24. The SMILES string of the molecule is CC(C)(C)OC(=O)N1CC(c2ccc(C(F)(F)F)cc2Br)C1. The number of hydrogen-bond donors (Lipinski definition) is 0. The molecule has 0 radical (unpaired) electrons. The first-order valence-corrected chi connectivity index (χ1v) is 7.61. The molecule has 1 aliphatic rings. The van der Waals surface area contributed by atoms with Gasteiger partial charge < -0.3 is 9.64 Å². The fourth-order valence-electron chi connectivity index (χ4n) is 2.19. The number of amides is 1. The third kappa shape index (κ3) is 3.94. The number of hydrogen-bond acceptors (Lipinski definition) is 2. The Morgan fingerprint density at radius 1 is 1.27 bits per heavy atom. The van der Waals surface area contributed by atoms with Crippen LogP contribution in [0.3, 0.4) is 0 Å². The van der Waals surface area contributed by atoms with E-state index in [0.29, 0.717) is 17.6 Å². The molecule has 0 atom stereocenters. The van der Waals surface area contributed by atoms with E-state index in [-0.39, 0.29) is 5.92 Å². The molecule has 7 heteroatoms. The van der Waals surface area contributed by atoms with Crippen molar-refractivity contribution in [1.82, 2.24) is 4.90 Å². The van der Waals surface area contributed by atoms with Crippen LogP contribution in [-0.2, 0) is 10.9 Å². The van der Waals surface area contributed by atoms with Crippen LogP contribution in [0.25, 0.3) is 0 Å². The quantitative estimate of drug-likeness (QED) is 0.701. The molecule has 1 fully saturated rings. The predicted molar refractivity (Wildman–Crippen MR) is 79.7 cm³/mol. The molecule has 1 saturated heterocycles. The number of likely N-dealkylation sites (tertiary alicyclic amines) is 1. The Bertz CT molecular complexity index is 575. The smallest absolute Gasteiger partial charge is 0.416 e. The summed E-state index contributed by atoms with van der Waals surface area (Å²) in [4.78, 5) is 13.4. The highest BCUT2D eigenvalue weighted by molar-refractivity contribution is 9.10. The zero-order valence-corrected chi connectivity index (χ0v) is 14.1. The molecular weight excluding hydrogens is 363 g/mol. The summed E-state index contributed by atoms with van der Waals surface area (Å²) in [5.74, 6) is 0.0178. The van der Waals surface area contributed by atoms with Crippen molar-refractivity contribution in [2.75, 3.05) is 13.1 Å². The lowest BCUT2D eigenvalue weighted by atomic mass is 9.91. The topological polar surface area (TPSA) is 29.5 Å². The van der Waals surface area contributed by atoms with E-state index in [2.05, 4.69) is 15.9 Å². The Morgan fingerprint density at radius 2 is 1.86 bits per heavy atom. The standard InChI is InChI=1S/C15H17BrF3NO2/c1-14(2,3)22-13(21)20-7-9(8-20)11-5-4-10(6-12(11)16)15(17,18)19/h4-6,9H,7-8H2,1-3H3. The van der Waals surface area contributed by atoms with Crippen LogP contribution in [-0.4, -0.2) is 29.7 Å². The van der Waals surface area contributed by atoms with Crippen molar-refractivity contribution in [2.24, 2.45) is 0 Å². The second-order valence-electron chi connectivity index (χ2n) is 6.32. The molecular formula is C15H17BrF3NO2. The van der Waals surface area contributed by atoms with Crippen LogP contribution in [0, 0.1) is 0 Å². The van der Waals surface area contributed by atoms with Crippen molar-refractivity contribution in [2.45, 2.75) is 38.5 Å². The van der Waals surface area contributed by atoms with Gasteiger partial charge in [-0.25, -0.2) is 4.79 Å². The molecule has 2 rings (SSSR count). The zero-order chi connectivity index (χ0) is 16.7. The molecule has 1 aromatic rings. The van der Waals surface area contributed by atoms with Gasteiger partial charge in [-0.2, -0.15) is 13.2 Å². The van der Waals surface area contributed by atoms with Crippen molar-refractivity contribution in [3.05, 3.63) is 33.8 Å². The summed E-state index contributed by atoms with van der Waals surface area (Å²) in [6.45, 7) is 6.25. The largest absolute Gasteiger partial charge is 0.444 e. The number of halogens is 4. The van der Waals surface area contributed by atoms with Crippen molar-refractivity contribution >= 4 is 22.0 Å². The lowest BCUT2D eigenvalue weighted by Gasteiger charge is -2.40. The fourth-order valence-corrected chi connectivity index (χ4v) is 2.89. The maximum atomic E-state index is 12.6. The van der Waals surface area contributed by atoms with Crippen molar-refractivity contribution in [1.29, 1.82) is 0 Å². The summed E-state index contributed by atoms with van der Waals surface area (Å²) in [5.41, 5.74) is -0.476. The van der Waals surface area contributed by atoms with Gasteiger partial charge in [0, 0.05) is 23.5 Å². The summed E-state index contributed by atoms with van der Waals surface area (Å²) < 4.78 is 43.6. The van der Waals surface area contributed by atoms with Crippen LogP contribution < -0.4 is 0 Å². The summed E-state index contributed by atoms with van der Waals surface area (Å²) in [6, 6.07) is 3.60. The van der Waals surface area contributed by atoms with E-state index in [9.17, 15) is 18.0 Å². The van der Waals surface area contributed by atoms with Gasteiger partial charge in [0.2, 0.25) is 0 Å². The average Bonchev–Trinajstić information content (AvgIpc) is 2.25. The van der Waals surface area contributed by atoms with E-state index in [1.807, 2.05) is 0 Å². The van der Waals surface area contributed by atoms with Crippen LogP contribution in [0.4, 0.5) is 18.0 Å². The number of rotatable bonds is 1. The van der Waals surface area contributed by atoms with Crippen LogP contribution in [0.15, 0.2) is 22.7 Å². The van der Waals surface area contributed by atoms with Gasteiger partial charge in [-0.3, -0.25) is 0 Å². The molecule has 1 aliphatic heterocycles. The Kier molecular flexibility index (Phi) is 4.48. The first-order valence-electron chi connectivity index (χ1n) is 6.82. The fraction of sp³-hybridized carbons (Fsp3) is 0.533. The van der Waals surface area contributed by atoms with E-state index >= 15 is 0 Å². The molecule has 22 heavy (non-hydrogen) atoms. The second kappa shape index (κ2) is 5.76. The minimum Gasteiger partial charge on any atom is -0.444 e. The van der Waals surface area contributed by atoms with E-state index in [1.165, 1.54) is 6.07 Å². The molecule has 1 amide bonds. The molecule has 0 bridgehead atoms. The first kappa shape index (κ1) is 17.1. The minimum atomic E-state index is -4.36. The van der Waals surface area contributed by atoms with Crippen molar-refractivity contribution in [3.63, 3.8) is 0 Å². The van der Waals surface area contributed by atoms with E-state index < -0.39 is 23.4 Å². The van der Waals surface area contributed by atoms with Crippen molar-refractivity contribution in [3.8, 4) is 0 Å². The summed E-state index contributed by atoms with van der Waals surface area (Å²) in [7, 11) is 0. The van der Waals surface area contributed by atoms with Crippen LogP contribution in [0.1, 0.15) is 37.8 Å². The number of ether oxygens (including phenoxy) is 1. The monoisotopic (exact) mass is 379 g/mol. The number of benzene rings is 1. The average molecular weight is 380 g/mol. The number of nitrogens with zero attached hydrogens (tertiary/aromatic N) is 1. The number of carbonyl (C=O) groups excluding carboxylic acids is 1. The summed E-state index contributed by atoms with van der Waals surface area (Å²) >= 11 is 3.19. The van der Waals surface area contributed by atoms with Gasteiger partial charge in [0.25, 0.3) is 0 Å². The zero-order valence-electron chi connectivity index (χ0n) is 12.5. The molecule has 122 valence electrons. The highest BCUT2D eigenvalue weighted by Crippen LogP contribution is 2.37. The van der Waals surface area contributed by atoms with Gasteiger partial charge >= 0.3 is 12.3 Å². The Balaban J connectivity index is 2.01. The van der Waals surface area contributed by atoms with Crippen molar-refractivity contribution < 1.29 is 22.7 Å². The Morgan fingerprint density at radius 3 is 2.32 bits per heavy atom. The minimum absolute atomic E-state index is 0.0178. The predicted octanol–water partition coefficient (Wildman–Crippen LogP) is 4.80. The highest BCUT2D eigenvalue weighted by atomic mass is 79.9. The maximum Gasteiger partial charge on any atom is 0.416 e. The highest BCUT2D eigenvalue weighted by Gasteiger charge is 2.36. The Labute approximate surface area is 135 Å². The van der Waals surface area contributed by atoms with Gasteiger partial charge in [-0.15, -0.1) is 0 Å². The van der Waals surface area contributed by atoms with Crippen LogP contribution in [0.5, 0.6) is 0 Å². The normalized spacial score (nSPS) is 16.4. The molecule has 1 heterocycles. The van der Waals surface area contributed by atoms with E-state index in [1.54, 1.807) is 25.7 Å². The lowest BCUT2D eigenvalue weighted by molar-refractivity contribution is -0.137. The molecule has 1 aromatic carbocycles. The van der Waals surface area contributed by atoms with Crippen LogP contribution >= 0.6 is 15.9 Å². The number of carbonyl (C=O) groups is 1. The van der Waals surface area contributed by atoms with Gasteiger partial charge in [0.05, 0.1) is 5.56 Å². The molecule has 0 saturated carbocycles. The molecule has 0 aliphatic carbocycles. The lowest BCUT2D eigenvalue weighted by Crippen LogP contribution is -2.50. The first-order chi connectivity index (χ1) is 9.97. The third-order valence-corrected chi connectivity index (χ3v) is 3.99. The van der Waals surface area contributed by atoms with E-state index in [4.69, 9.17) is 4.74 Å². The molecule has 0 unspecified atom stereocenters. The second-order valence-corrected chi connectivity index (χ2v) is 7.17. The van der Waals surface area contributed by atoms with Gasteiger partial charge in [-0.1, -0.05) is 22.0 Å². The molecule has 0 N–H and O–H groups in total. The van der Waals surface area contributed by atoms with Gasteiger partial charge in [-0.05, 0) is 38.5 Å². The van der Waals surface area contributed by atoms with Gasteiger partial charge in [0.15, 0.2) is 0 Å². The van der Waals surface area contributed by atoms with Gasteiger partial charge in [0.1, 0.15) is 5.60 Å². The maximum absolute atomic E-state index is 12.6. The van der Waals surface area contributed by atoms with E-state index in [0.717, 1.165) is 17.7 Å².